The van der Waals surface area contributed by atoms with Gasteiger partial charge in [0.2, 0.25) is 0 Å². The second-order valence-corrected chi connectivity index (χ2v) is 8.64. The molecule has 1 aliphatic heterocycles. The molecule has 30 heavy (non-hydrogen) atoms. The Labute approximate surface area is 179 Å². The van der Waals surface area contributed by atoms with E-state index in [4.69, 9.17) is 9.72 Å². The van der Waals surface area contributed by atoms with E-state index in [0.717, 1.165) is 46.2 Å². The van der Waals surface area contributed by atoms with Crippen molar-refractivity contribution in [3.05, 3.63) is 82.4 Å². The lowest BCUT2D eigenvalue weighted by molar-refractivity contribution is 0.242. The lowest BCUT2D eigenvalue weighted by Crippen LogP contribution is -2.25. The van der Waals surface area contributed by atoms with Crippen molar-refractivity contribution in [1.82, 2.24) is 14.9 Å². The fourth-order valence-corrected chi connectivity index (χ4v) is 5.26. The Hall–Kier alpha value is -2.96. The first kappa shape index (κ1) is 19.0. The van der Waals surface area contributed by atoms with Gasteiger partial charge in [0.15, 0.2) is 0 Å². The van der Waals surface area contributed by atoms with Crippen molar-refractivity contribution in [2.24, 2.45) is 0 Å². The highest BCUT2D eigenvalue weighted by molar-refractivity contribution is 7.21. The Bertz CT molecular complexity index is 1210. The molecule has 0 aliphatic carbocycles. The first-order valence-electron chi connectivity index (χ1n) is 10.2. The number of aromatic nitrogens is 2. The summed E-state index contributed by atoms with van der Waals surface area (Å²) < 4.78 is 5.28. The van der Waals surface area contributed by atoms with Crippen LogP contribution in [-0.4, -0.2) is 28.5 Å². The summed E-state index contributed by atoms with van der Waals surface area (Å²) in [7, 11) is 1.68. The van der Waals surface area contributed by atoms with Gasteiger partial charge in [-0.25, -0.2) is 4.98 Å². The van der Waals surface area contributed by atoms with Crippen LogP contribution in [0.5, 0.6) is 5.75 Å². The Balaban J connectivity index is 1.42. The first-order valence-corrected chi connectivity index (χ1v) is 11.0. The average molecular weight is 418 g/mol. The Morgan fingerprint density at radius 1 is 1.17 bits per heavy atom. The molecule has 1 fully saturated rings. The van der Waals surface area contributed by atoms with Crippen LogP contribution in [0.3, 0.4) is 0 Å². The Morgan fingerprint density at radius 2 is 1.97 bits per heavy atom. The quantitative estimate of drug-likeness (QED) is 0.497. The molecule has 5 rings (SSSR count). The summed E-state index contributed by atoms with van der Waals surface area (Å²) in [5, 5.41) is 0.663. The largest absolute Gasteiger partial charge is 0.497 e. The Kier molecular flexibility index (Phi) is 5.11. The molecule has 0 bridgehead atoms. The molecule has 0 amide bonds. The third-order valence-electron chi connectivity index (χ3n) is 5.73. The van der Waals surface area contributed by atoms with Gasteiger partial charge >= 0.3 is 0 Å². The Morgan fingerprint density at radius 3 is 2.73 bits per heavy atom. The lowest BCUT2D eigenvalue weighted by Gasteiger charge is -2.24. The van der Waals surface area contributed by atoms with Gasteiger partial charge in [-0.1, -0.05) is 42.5 Å². The number of H-pyrrole nitrogens is 1. The van der Waals surface area contributed by atoms with E-state index in [0.29, 0.717) is 18.0 Å². The number of hydrogen-bond acceptors (Lipinski definition) is 5. The van der Waals surface area contributed by atoms with Crippen molar-refractivity contribution in [1.29, 1.82) is 0 Å². The summed E-state index contributed by atoms with van der Waals surface area (Å²) in [4.78, 5) is 24.8. The minimum Gasteiger partial charge on any atom is -0.497 e. The van der Waals surface area contributed by atoms with E-state index < -0.39 is 0 Å². The van der Waals surface area contributed by atoms with Crippen LogP contribution in [0, 0.1) is 0 Å². The van der Waals surface area contributed by atoms with Crippen molar-refractivity contribution >= 4 is 21.6 Å². The number of hydrogen-bond donors (Lipinski definition) is 1. The molecule has 1 saturated heterocycles. The molecule has 5 nitrogen and oxygen atoms in total. The number of nitrogens with one attached hydrogen (secondary N) is 1. The number of rotatable bonds is 5. The number of aromatic amines is 1. The fraction of sp³-hybridized carbons (Fsp3) is 0.250. The van der Waals surface area contributed by atoms with E-state index in [1.54, 1.807) is 18.4 Å². The van der Waals surface area contributed by atoms with Crippen LogP contribution in [0.25, 0.3) is 20.7 Å². The third kappa shape index (κ3) is 3.64. The SMILES string of the molecule is COc1ccc(C2CCCN2Cc2nc3sc(-c4ccccc4)cc3c(=O)[nH]2)cc1. The monoisotopic (exact) mass is 417 g/mol. The van der Waals surface area contributed by atoms with Gasteiger partial charge in [-0.2, -0.15) is 0 Å². The third-order valence-corrected chi connectivity index (χ3v) is 6.80. The van der Waals surface area contributed by atoms with Crippen LogP contribution in [0.1, 0.15) is 30.3 Å². The van der Waals surface area contributed by atoms with Crippen LogP contribution in [0.4, 0.5) is 0 Å². The van der Waals surface area contributed by atoms with Gasteiger partial charge in [0, 0.05) is 10.9 Å². The molecule has 1 atom stereocenters. The normalized spacial score (nSPS) is 16.9. The summed E-state index contributed by atoms with van der Waals surface area (Å²) in [5.41, 5.74) is 2.33. The van der Waals surface area contributed by atoms with Crippen LogP contribution >= 0.6 is 11.3 Å². The maximum atomic E-state index is 12.7. The highest BCUT2D eigenvalue weighted by Gasteiger charge is 2.27. The maximum Gasteiger partial charge on any atom is 0.259 e. The van der Waals surface area contributed by atoms with Crippen LogP contribution in [0.2, 0.25) is 0 Å². The summed E-state index contributed by atoms with van der Waals surface area (Å²) in [6, 6.07) is 20.7. The summed E-state index contributed by atoms with van der Waals surface area (Å²) >= 11 is 1.57. The molecule has 3 heterocycles. The van der Waals surface area contributed by atoms with Gasteiger partial charge < -0.3 is 9.72 Å². The minimum absolute atomic E-state index is 0.0615. The second kappa shape index (κ2) is 8.05. The average Bonchev–Trinajstić information content (AvgIpc) is 3.42. The number of methoxy groups -OCH3 is 1. The van der Waals surface area contributed by atoms with Crippen molar-refractivity contribution in [2.45, 2.75) is 25.4 Å². The first-order chi connectivity index (χ1) is 14.7. The predicted octanol–water partition coefficient (Wildman–Crippen LogP) is 5.00. The van der Waals surface area contributed by atoms with E-state index in [9.17, 15) is 4.79 Å². The smallest absolute Gasteiger partial charge is 0.259 e. The highest BCUT2D eigenvalue weighted by atomic mass is 32.1. The fourth-order valence-electron chi connectivity index (χ4n) is 4.21. The molecular formula is C24H23N3O2S. The lowest BCUT2D eigenvalue weighted by atomic mass is 10.0. The molecular weight excluding hydrogens is 394 g/mol. The van der Waals surface area contributed by atoms with Crippen molar-refractivity contribution in [3.8, 4) is 16.2 Å². The molecule has 1 unspecified atom stereocenters. The molecule has 0 spiro atoms. The molecule has 2 aromatic heterocycles. The minimum atomic E-state index is -0.0615. The van der Waals surface area contributed by atoms with Gasteiger partial charge in [-0.3, -0.25) is 9.69 Å². The van der Waals surface area contributed by atoms with E-state index in [2.05, 4.69) is 34.1 Å². The van der Waals surface area contributed by atoms with E-state index in [1.807, 2.05) is 36.4 Å². The number of thiophene rings is 1. The topological polar surface area (TPSA) is 58.2 Å². The number of fused-ring (bicyclic) bond motifs is 1. The summed E-state index contributed by atoms with van der Waals surface area (Å²) in [5.74, 6) is 1.60. The molecule has 2 aromatic carbocycles. The number of benzene rings is 2. The highest BCUT2D eigenvalue weighted by Crippen LogP contribution is 2.34. The molecule has 0 radical (unpaired) electrons. The van der Waals surface area contributed by atoms with Gasteiger partial charge in [0.1, 0.15) is 16.4 Å². The van der Waals surface area contributed by atoms with Gasteiger partial charge in [-0.05, 0) is 48.7 Å². The molecule has 0 saturated carbocycles. The number of likely N-dealkylation sites (tertiary alicyclic amines) is 1. The summed E-state index contributed by atoms with van der Waals surface area (Å²) in [6.07, 6.45) is 2.25. The molecule has 1 aliphatic rings. The van der Waals surface area contributed by atoms with Gasteiger partial charge in [0.25, 0.3) is 5.56 Å². The van der Waals surface area contributed by atoms with Crippen molar-refractivity contribution in [2.75, 3.05) is 13.7 Å². The second-order valence-electron chi connectivity index (χ2n) is 7.61. The van der Waals surface area contributed by atoms with Gasteiger partial charge in [0.05, 0.1) is 19.0 Å². The maximum absolute atomic E-state index is 12.7. The van der Waals surface area contributed by atoms with Crippen molar-refractivity contribution in [3.63, 3.8) is 0 Å². The molecule has 1 N–H and O–H groups in total. The van der Waals surface area contributed by atoms with Crippen LogP contribution in [-0.2, 0) is 6.54 Å². The number of nitrogens with zero attached hydrogens (tertiary/aromatic N) is 2. The number of ether oxygens (including phenoxy) is 1. The van der Waals surface area contributed by atoms with E-state index in [-0.39, 0.29) is 5.56 Å². The van der Waals surface area contributed by atoms with Crippen molar-refractivity contribution < 1.29 is 4.74 Å². The molecule has 6 heteroatoms. The zero-order chi connectivity index (χ0) is 20.5. The van der Waals surface area contributed by atoms with Gasteiger partial charge in [-0.15, -0.1) is 11.3 Å². The zero-order valence-corrected chi connectivity index (χ0v) is 17.6. The van der Waals surface area contributed by atoms with Crippen LogP contribution in [0.15, 0.2) is 65.5 Å². The van der Waals surface area contributed by atoms with E-state index in [1.165, 1.54) is 5.56 Å². The van der Waals surface area contributed by atoms with E-state index >= 15 is 0 Å². The zero-order valence-electron chi connectivity index (χ0n) is 16.8. The predicted molar refractivity (Wildman–Crippen MR) is 121 cm³/mol. The summed E-state index contributed by atoms with van der Waals surface area (Å²) in [6.45, 7) is 1.64. The standard InChI is InChI=1S/C24H23N3O2S/c1-29-18-11-9-16(10-12-18)20-8-5-13-27(20)15-22-25-23(28)19-14-21(30-24(19)26-22)17-6-3-2-4-7-17/h2-4,6-7,9-12,14,20H,5,8,13,15H2,1H3,(H,25,26,28). The molecule has 152 valence electrons. The van der Waals surface area contributed by atoms with Crippen LogP contribution < -0.4 is 10.3 Å². The molecule has 4 aromatic rings.